The highest BCUT2D eigenvalue weighted by molar-refractivity contribution is 5.68. The van der Waals surface area contributed by atoms with Gasteiger partial charge in [0.25, 0.3) is 0 Å². The van der Waals surface area contributed by atoms with Crippen LogP contribution in [-0.2, 0) is 22.3 Å². The molecule has 26 heavy (non-hydrogen) atoms. The van der Waals surface area contributed by atoms with Crippen LogP contribution in [0.3, 0.4) is 0 Å². The Bertz CT molecular complexity index is 612. The van der Waals surface area contributed by atoms with Crippen molar-refractivity contribution in [3.8, 4) is 0 Å². The lowest BCUT2D eigenvalue weighted by molar-refractivity contribution is -0.137. The molecule has 5 nitrogen and oxygen atoms in total. The van der Waals surface area contributed by atoms with Crippen molar-refractivity contribution in [3.63, 3.8) is 0 Å². The second-order valence-corrected chi connectivity index (χ2v) is 7.42. The van der Waals surface area contributed by atoms with Gasteiger partial charge >= 0.3 is 12.3 Å². The number of nitrogens with two attached hydrogens (primary N) is 1. The Hall–Kier alpha value is -1.80. The van der Waals surface area contributed by atoms with E-state index in [1.807, 2.05) is 0 Å². The van der Waals surface area contributed by atoms with Crippen LogP contribution in [0.2, 0.25) is 0 Å². The van der Waals surface area contributed by atoms with Crippen molar-refractivity contribution in [2.75, 3.05) is 13.1 Å². The van der Waals surface area contributed by atoms with Gasteiger partial charge in [0.05, 0.1) is 18.3 Å². The summed E-state index contributed by atoms with van der Waals surface area (Å²) in [4.78, 5) is 13.6. The van der Waals surface area contributed by atoms with Gasteiger partial charge in [-0.3, -0.25) is 0 Å². The quantitative estimate of drug-likeness (QED) is 0.879. The minimum Gasteiger partial charge on any atom is -0.444 e. The molecule has 1 heterocycles. The second-order valence-electron chi connectivity index (χ2n) is 7.42. The number of piperidine rings is 1. The number of carbonyl (C=O) groups is 1. The van der Waals surface area contributed by atoms with E-state index < -0.39 is 23.4 Å². The summed E-state index contributed by atoms with van der Waals surface area (Å²) in [5.41, 5.74) is 5.47. The maximum absolute atomic E-state index is 12.6. The predicted octanol–water partition coefficient (Wildman–Crippen LogP) is 3.56. The van der Waals surface area contributed by atoms with Crippen LogP contribution < -0.4 is 5.73 Å². The van der Waals surface area contributed by atoms with Crippen molar-refractivity contribution in [3.05, 3.63) is 35.4 Å². The Morgan fingerprint density at radius 1 is 1.23 bits per heavy atom. The highest BCUT2D eigenvalue weighted by Crippen LogP contribution is 2.29. The predicted molar refractivity (Wildman–Crippen MR) is 90.4 cm³/mol. The lowest BCUT2D eigenvalue weighted by Gasteiger charge is -2.37. The normalized spacial score (nSPS) is 21.6. The van der Waals surface area contributed by atoms with E-state index in [9.17, 15) is 18.0 Å². The van der Waals surface area contributed by atoms with E-state index in [1.165, 1.54) is 12.1 Å². The molecule has 0 aliphatic carbocycles. The largest absolute Gasteiger partial charge is 0.444 e. The topological polar surface area (TPSA) is 64.8 Å². The van der Waals surface area contributed by atoms with E-state index >= 15 is 0 Å². The molecule has 146 valence electrons. The molecule has 0 bridgehead atoms. The second kappa shape index (κ2) is 7.84. The van der Waals surface area contributed by atoms with Gasteiger partial charge in [0.1, 0.15) is 5.60 Å². The van der Waals surface area contributed by atoms with Crippen LogP contribution in [0.4, 0.5) is 18.0 Å². The van der Waals surface area contributed by atoms with E-state index in [0.29, 0.717) is 25.1 Å². The van der Waals surface area contributed by atoms with Crippen LogP contribution in [0.15, 0.2) is 24.3 Å². The number of rotatable bonds is 3. The molecular formula is C18H25F3N2O3. The molecule has 1 amide bonds. The van der Waals surface area contributed by atoms with Crippen LogP contribution >= 0.6 is 0 Å². The summed E-state index contributed by atoms with van der Waals surface area (Å²) >= 11 is 0. The van der Waals surface area contributed by atoms with Crippen molar-refractivity contribution < 1.29 is 27.4 Å². The smallest absolute Gasteiger partial charge is 0.416 e. The van der Waals surface area contributed by atoms with E-state index in [4.69, 9.17) is 15.2 Å². The van der Waals surface area contributed by atoms with Crippen LogP contribution in [0.1, 0.15) is 38.3 Å². The molecule has 2 N–H and O–H groups in total. The van der Waals surface area contributed by atoms with Crippen molar-refractivity contribution in [2.24, 2.45) is 5.73 Å². The minimum atomic E-state index is -4.35. The molecular weight excluding hydrogens is 349 g/mol. The monoisotopic (exact) mass is 374 g/mol. The van der Waals surface area contributed by atoms with Crippen molar-refractivity contribution >= 4 is 6.09 Å². The maximum atomic E-state index is 12.6. The molecule has 1 aromatic rings. The number of hydrogen-bond acceptors (Lipinski definition) is 4. The number of alkyl halides is 3. The zero-order valence-electron chi connectivity index (χ0n) is 15.2. The third-order valence-electron chi connectivity index (χ3n) is 3.99. The summed E-state index contributed by atoms with van der Waals surface area (Å²) in [6.45, 7) is 6.33. The van der Waals surface area contributed by atoms with Gasteiger partial charge in [0, 0.05) is 19.1 Å². The van der Waals surface area contributed by atoms with Crippen molar-refractivity contribution in [2.45, 2.75) is 57.7 Å². The Morgan fingerprint density at radius 2 is 1.85 bits per heavy atom. The van der Waals surface area contributed by atoms with Crippen LogP contribution in [0.25, 0.3) is 0 Å². The lowest BCUT2D eigenvalue weighted by Crippen LogP contribution is -2.54. The summed E-state index contributed by atoms with van der Waals surface area (Å²) < 4.78 is 48.8. The number of likely N-dealkylation sites (tertiary alicyclic amines) is 1. The van der Waals surface area contributed by atoms with Gasteiger partial charge in [0.2, 0.25) is 0 Å². The summed E-state index contributed by atoms with van der Waals surface area (Å²) in [7, 11) is 0. The zero-order valence-corrected chi connectivity index (χ0v) is 15.2. The molecule has 1 aromatic carbocycles. The van der Waals surface area contributed by atoms with E-state index in [2.05, 4.69) is 0 Å². The van der Waals surface area contributed by atoms with Crippen LogP contribution in [-0.4, -0.2) is 41.8 Å². The van der Waals surface area contributed by atoms with Gasteiger partial charge < -0.3 is 20.1 Å². The molecule has 1 fully saturated rings. The molecule has 8 heteroatoms. The number of benzene rings is 1. The van der Waals surface area contributed by atoms with Gasteiger partial charge in [-0.2, -0.15) is 13.2 Å². The molecule has 0 spiro atoms. The molecule has 0 aromatic heterocycles. The molecule has 1 saturated heterocycles. The molecule has 1 aliphatic heterocycles. The summed E-state index contributed by atoms with van der Waals surface area (Å²) in [6.07, 6.45) is -4.48. The fourth-order valence-corrected chi connectivity index (χ4v) is 2.65. The molecule has 0 radical (unpaired) electrons. The van der Waals surface area contributed by atoms with E-state index in [1.54, 1.807) is 25.7 Å². The zero-order chi connectivity index (χ0) is 19.5. The van der Waals surface area contributed by atoms with Crippen LogP contribution in [0, 0.1) is 0 Å². The molecule has 0 unspecified atom stereocenters. The first-order valence-electron chi connectivity index (χ1n) is 8.47. The summed E-state index contributed by atoms with van der Waals surface area (Å²) in [5, 5.41) is 0. The highest BCUT2D eigenvalue weighted by atomic mass is 19.4. The SMILES string of the molecule is CC(C)(C)OC(=O)N1CC[C@@H](OCc2ccc(C(F)(F)F)cc2)[C@H](N)C1. The first-order chi connectivity index (χ1) is 12.0. The first-order valence-corrected chi connectivity index (χ1v) is 8.47. The average molecular weight is 374 g/mol. The Labute approximate surface area is 151 Å². The fourth-order valence-electron chi connectivity index (χ4n) is 2.65. The minimum absolute atomic E-state index is 0.170. The summed E-state index contributed by atoms with van der Waals surface area (Å²) in [6, 6.07) is 4.47. The standard InChI is InChI=1S/C18H25F3N2O3/c1-17(2,3)26-16(24)23-9-8-15(14(22)10-23)25-11-12-4-6-13(7-5-12)18(19,20)21/h4-7,14-15H,8-11,22H2,1-3H3/t14-,15-/m1/s1. The van der Waals surface area contributed by atoms with Crippen molar-refractivity contribution in [1.29, 1.82) is 0 Å². The molecule has 2 atom stereocenters. The first kappa shape index (κ1) is 20.5. The third kappa shape index (κ3) is 5.88. The molecule has 1 aliphatic rings. The van der Waals surface area contributed by atoms with Gasteiger partial charge in [-0.1, -0.05) is 12.1 Å². The van der Waals surface area contributed by atoms with Gasteiger partial charge in [-0.25, -0.2) is 4.79 Å². The molecule has 2 rings (SSSR count). The Morgan fingerprint density at radius 3 is 2.35 bits per heavy atom. The van der Waals surface area contributed by atoms with E-state index in [0.717, 1.165) is 12.1 Å². The van der Waals surface area contributed by atoms with E-state index in [-0.39, 0.29) is 18.8 Å². The third-order valence-corrected chi connectivity index (χ3v) is 3.99. The summed E-state index contributed by atoms with van der Waals surface area (Å²) in [5.74, 6) is 0. The van der Waals surface area contributed by atoms with Gasteiger partial charge in [-0.15, -0.1) is 0 Å². The number of amides is 1. The molecule has 0 saturated carbocycles. The van der Waals surface area contributed by atoms with Gasteiger partial charge in [0.15, 0.2) is 0 Å². The number of carbonyl (C=O) groups excluding carboxylic acids is 1. The number of hydrogen-bond donors (Lipinski definition) is 1. The van der Waals surface area contributed by atoms with Gasteiger partial charge in [-0.05, 0) is 44.9 Å². The van der Waals surface area contributed by atoms with Crippen LogP contribution in [0.5, 0.6) is 0 Å². The number of nitrogens with zero attached hydrogens (tertiary/aromatic N) is 1. The fraction of sp³-hybridized carbons (Fsp3) is 0.611. The Kier molecular flexibility index (Phi) is 6.18. The highest BCUT2D eigenvalue weighted by Gasteiger charge is 2.32. The van der Waals surface area contributed by atoms with Crippen molar-refractivity contribution in [1.82, 2.24) is 4.90 Å². The maximum Gasteiger partial charge on any atom is 0.416 e. The number of ether oxygens (including phenoxy) is 2. The average Bonchev–Trinajstić information content (AvgIpc) is 2.51. The lowest BCUT2D eigenvalue weighted by atomic mass is 10.0. The Balaban J connectivity index is 1.84. The number of halogens is 3.